The van der Waals surface area contributed by atoms with Gasteiger partial charge in [0.25, 0.3) is 11.8 Å². The SMILES string of the molecule is CCN(CC)c1noc(-c2cccc(N)c2C)n1. The monoisotopic (exact) mass is 246 g/mol. The maximum Gasteiger partial charge on any atom is 0.266 e. The summed E-state index contributed by atoms with van der Waals surface area (Å²) in [4.78, 5) is 6.45. The lowest BCUT2D eigenvalue weighted by molar-refractivity contribution is 0.429. The third-order valence-corrected chi connectivity index (χ3v) is 3.07. The first-order valence-corrected chi connectivity index (χ1v) is 6.11. The first-order valence-electron chi connectivity index (χ1n) is 6.11. The van der Waals surface area contributed by atoms with Gasteiger partial charge < -0.3 is 15.2 Å². The minimum atomic E-state index is 0.515. The molecule has 2 N–H and O–H groups in total. The van der Waals surface area contributed by atoms with Gasteiger partial charge in [-0.25, -0.2) is 0 Å². The summed E-state index contributed by atoms with van der Waals surface area (Å²) in [5.41, 5.74) is 8.46. The molecule has 2 rings (SSSR count). The Morgan fingerprint density at radius 2 is 2.00 bits per heavy atom. The lowest BCUT2D eigenvalue weighted by Crippen LogP contribution is -2.22. The van der Waals surface area contributed by atoms with Crippen LogP contribution in [0.25, 0.3) is 11.5 Å². The summed E-state index contributed by atoms with van der Waals surface area (Å²) in [5, 5.41) is 4.00. The highest BCUT2D eigenvalue weighted by atomic mass is 16.5. The summed E-state index contributed by atoms with van der Waals surface area (Å²) in [6.07, 6.45) is 0. The van der Waals surface area contributed by atoms with E-state index in [2.05, 4.69) is 24.0 Å². The molecule has 96 valence electrons. The number of nitrogens with two attached hydrogens (primary N) is 1. The third-order valence-electron chi connectivity index (χ3n) is 3.07. The van der Waals surface area contributed by atoms with Gasteiger partial charge in [-0.1, -0.05) is 6.07 Å². The molecule has 0 aliphatic heterocycles. The summed E-state index contributed by atoms with van der Waals surface area (Å²) in [7, 11) is 0. The Morgan fingerprint density at radius 1 is 1.28 bits per heavy atom. The molecule has 5 heteroatoms. The summed E-state index contributed by atoms with van der Waals surface area (Å²) >= 11 is 0. The number of benzene rings is 1. The fourth-order valence-corrected chi connectivity index (χ4v) is 1.85. The van der Waals surface area contributed by atoms with Gasteiger partial charge in [0.1, 0.15) is 0 Å². The molecule has 1 aromatic heterocycles. The minimum Gasteiger partial charge on any atom is -0.398 e. The average Bonchev–Trinajstić information content (AvgIpc) is 2.84. The lowest BCUT2D eigenvalue weighted by Gasteiger charge is -2.14. The molecular formula is C13H18N4O. The van der Waals surface area contributed by atoms with Crippen molar-refractivity contribution in [1.82, 2.24) is 10.1 Å². The summed E-state index contributed by atoms with van der Waals surface area (Å²) in [5.74, 6) is 1.14. The predicted octanol–water partition coefficient (Wildman–Crippen LogP) is 2.47. The van der Waals surface area contributed by atoms with E-state index in [0.717, 1.165) is 29.9 Å². The highest BCUT2D eigenvalue weighted by Gasteiger charge is 2.14. The van der Waals surface area contributed by atoms with E-state index >= 15 is 0 Å². The Balaban J connectivity index is 2.38. The van der Waals surface area contributed by atoms with Crippen molar-refractivity contribution in [3.05, 3.63) is 23.8 Å². The van der Waals surface area contributed by atoms with Crippen LogP contribution in [0.15, 0.2) is 22.7 Å². The second-order valence-electron chi connectivity index (χ2n) is 4.09. The molecule has 0 aliphatic carbocycles. The van der Waals surface area contributed by atoms with Crippen LogP contribution in [-0.2, 0) is 0 Å². The zero-order chi connectivity index (χ0) is 13.1. The molecule has 0 saturated heterocycles. The normalized spacial score (nSPS) is 10.6. The van der Waals surface area contributed by atoms with Crippen molar-refractivity contribution in [3.63, 3.8) is 0 Å². The van der Waals surface area contributed by atoms with Crippen molar-refractivity contribution in [2.75, 3.05) is 23.7 Å². The van der Waals surface area contributed by atoms with Gasteiger partial charge in [0.2, 0.25) is 0 Å². The lowest BCUT2D eigenvalue weighted by atomic mass is 10.1. The quantitative estimate of drug-likeness (QED) is 0.839. The number of anilines is 2. The molecular weight excluding hydrogens is 228 g/mol. The van der Waals surface area contributed by atoms with E-state index in [1.165, 1.54) is 0 Å². The number of rotatable bonds is 4. The number of nitrogen functional groups attached to an aromatic ring is 1. The van der Waals surface area contributed by atoms with E-state index in [1.807, 2.05) is 30.0 Å². The summed E-state index contributed by atoms with van der Waals surface area (Å²) in [6, 6.07) is 5.69. The second kappa shape index (κ2) is 5.08. The maximum absolute atomic E-state index is 5.88. The van der Waals surface area contributed by atoms with E-state index < -0.39 is 0 Å². The van der Waals surface area contributed by atoms with Gasteiger partial charge in [0.15, 0.2) is 0 Å². The summed E-state index contributed by atoms with van der Waals surface area (Å²) < 4.78 is 5.31. The van der Waals surface area contributed by atoms with Gasteiger partial charge >= 0.3 is 0 Å². The molecule has 0 atom stereocenters. The van der Waals surface area contributed by atoms with Gasteiger partial charge in [0, 0.05) is 24.3 Å². The molecule has 1 heterocycles. The largest absolute Gasteiger partial charge is 0.398 e. The van der Waals surface area contributed by atoms with Crippen LogP contribution < -0.4 is 10.6 Å². The molecule has 5 nitrogen and oxygen atoms in total. The fraction of sp³-hybridized carbons (Fsp3) is 0.385. The van der Waals surface area contributed by atoms with Gasteiger partial charge in [0.05, 0.1) is 0 Å². The van der Waals surface area contributed by atoms with Crippen molar-refractivity contribution in [2.24, 2.45) is 0 Å². The Hall–Kier alpha value is -2.04. The molecule has 0 unspecified atom stereocenters. The molecule has 2 aromatic rings. The third kappa shape index (κ3) is 2.16. The van der Waals surface area contributed by atoms with E-state index in [4.69, 9.17) is 10.3 Å². The van der Waals surface area contributed by atoms with E-state index in [1.54, 1.807) is 0 Å². The van der Waals surface area contributed by atoms with Gasteiger partial charge in [-0.3, -0.25) is 0 Å². The van der Waals surface area contributed by atoms with E-state index in [0.29, 0.717) is 11.8 Å². The number of aromatic nitrogens is 2. The smallest absolute Gasteiger partial charge is 0.266 e. The Morgan fingerprint density at radius 3 is 2.67 bits per heavy atom. The first kappa shape index (κ1) is 12.4. The van der Waals surface area contributed by atoms with Crippen LogP contribution in [-0.4, -0.2) is 23.2 Å². The van der Waals surface area contributed by atoms with E-state index in [9.17, 15) is 0 Å². The van der Waals surface area contributed by atoms with Crippen molar-refractivity contribution < 1.29 is 4.52 Å². The van der Waals surface area contributed by atoms with Crippen molar-refractivity contribution in [3.8, 4) is 11.5 Å². The highest BCUT2D eigenvalue weighted by Crippen LogP contribution is 2.26. The Labute approximate surface area is 107 Å². The number of hydrogen-bond acceptors (Lipinski definition) is 5. The average molecular weight is 246 g/mol. The molecule has 0 fully saturated rings. The maximum atomic E-state index is 5.88. The zero-order valence-electron chi connectivity index (χ0n) is 11.0. The van der Waals surface area contributed by atoms with Crippen LogP contribution in [0, 0.1) is 6.92 Å². The van der Waals surface area contributed by atoms with Crippen LogP contribution in [0.4, 0.5) is 11.6 Å². The molecule has 0 saturated carbocycles. The Bertz CT molecular complexity index is 532. The van der Waals surface area contributed by atoms with Gasteiger partial charge in [-0.15, -0.1) is 0 Å². The van der Waals surface area contributed by atoms with E-state index in [-0.39, 0.29) is 0 Å². The van der Waals surface area contributed by atoms with Crippen LogP contribution >= 0.6 is 0 Å². The van der Waals surface area contributed by atoms with Crippen LogP contribution in [0.1, 0.15) is 19.4 Å². The topological polar surface area (TPSA) is 68.2 Å². The zero-order valence-corrected chi connectivity index (χ0v) is 11.0. The standard InChI is InChI=1S/C13H18N4O/c1-4-17(5-2)13-15-12(18-16-13)10-7-6-8-11(14)9(10)3/h6-8H,4-5,14H2,1-3H3. The molecule has 0 amide bonds. The highest BCUT2D eigenvalue weighted by molar-refractivity contribution is 5.67. The number of hydrogen-bond donors (Lipinski definition) is 1. The van der Waals surface area contributed by atoms with Crippen LogP contribution in [0.3, 0.4) is 0 Å². The van der Waals surface area contributed by atoms with Gasteiger partial charge in [-0.2, -0.15) is 4.98 Å². The predicted molar refractivity (Wildman–Crippen MR) is 72.4 cm³/mol. The second-order valence-corrected chi connectivity index (χ2v) is 4.09. The molecule has 0 aliphatic rings. The van der Waals surface area contributed by atoms with Gasteiger partial charge in [-0.05, 0) is 43.6 Å². The van der Waals surface area contributed by atoms with Crippen molar-refractivity contribution in [2.45, 2.75) is 20.8 Å². The van der Waals surface area contributed by atoms with Crippen molar-refractivity contribution >= 4 is 11.6 Å². The van der Waals surface area contributed by atoms with Crippen LogP contribution in [0.2, 0.25) is 0 Å². The minimum absolute atomic E-state index is 0.515. The van der Waals surface area contributed by atoms with Crippen molar-refractivity contribution in [1.29, 1.82) is 0 Å². The number of nitrogens with zero attached hydrogens (tertiary/aromatic N) is 3. The molecule has 0 radical (unpaired) electrons. The molecule has 0 bridgehead atoms. The van der Waals surface area contributed by atoms with Crippen LogP contribution in [0.5, 0.6) is 0 Å². The molecule has 0 spiro atoms. The first-order chi connectivity index (χ1) is 8.67. The Kier molecular flexibility index (Phi) is 3.50. The fourth-order valence-electron chi connectivity index (χ4n) is 1.85. The summed E-state index contributed by atoms with van der Waals surface area (Å²) in [6.45, 7) is 7.78. The molecule has 1 aromatic carbocycles. The molecule has 18 heavy (non-hydrogen) atoms.